The summed E-state index contributed by atoms with van der Waals surface area (Å²) in [6.45, 7) is 2.79. The fourth-order valence-electron chi connectivity index (χ4n) is 4.17. The summed E-state index contributed by atoms with van der Waals surface area (Å²) in [6, 6.07) is 20.4. The quantitative estimate of drug-likeness (QED) is 0.307. The normalized spacial score (nSPS) is 14.7. The van der Waals surface area contributed by atoms with E-state index in [1.165, 1.54) is 5.56 Å². The van der Waals surface area contributed by atoms with Crippen molar-refractivity contribution in [1.82, 2.24) is 0 Å². The fourth-order valence-corrected chi connectivity index (χ4v) is 4.17. The lowest BCUT2D eigenvalue weighted by Gasteiger charge is -2.28. The summed E-state index contributed by atoms with van der Waals surface area (Å²) in [5, 5.41) is 10.1. The van der Waals surface area contributed by atoms with Crippen LogP contribution in [0.5, 0.6) is 5.75 Å². The van der Waals surface area contributed by atoms with Gasteiger partial charge in [0.1, 0.15) is 17.0 Å². The minimum atomic E-state index is 0.668. The highest BCUT2D eigenvalue weighted by Gasteiger charge is 2.30. The summed E-state index contributed by atoms with van der Waals surface area (Å²) in [7, 11) is 0. The molecule has 0 radical (unpaired) electrons. The smallest absolute Gasteiger partial charge is 0.233 e. The van der Waals surface area contributed by atoms with Crippen molar-refractivity contribution < 1.29 is 9.15 Å². The molecule has 5 nitrogen and oxygen atoms in total. The highest BCUT2D eigenvalue weighted by molar-refractivity contribution is 6.01. The molecule has 0 saturated carbocycles. The van der Waals surface area contributed by atoms with Crippen molar-refractivity contribution in [3.05, 3.63) is 71.8 Å². The molecule has 0 N–H and O–H groups in total. The van der Waals surface area contributed by atoms with Crippen molar-refractivity contribution in [2.75, 3.05) is 11.5 Å². The molecule has 0 atom stereocenters. The second-order valence-electron chi connectivity index (χ2n) is 7.50. The van der Waals surface area contributed by atoms with E-state index >= 15 is 0 Å². The van der Waals surface area contributed by atoms with Gasteiger partial charge in [0, 0.05) is 0 Å². The van der Waals surface area contributed by atoms with Gasteiger partial charge in [0.25, 0.3) is 0 Å². The number of ether oxygens (including phenoxy) is 1. The van der Waals surface area contributed by atoms with Gasteiger partial charge in [0.05, 0.1) is 23.4 Å². The Kier molecular flexibility index (Phi) is 3.50. The third-order valence-corrected chi connectivity index (χ3v) is 5.54. The van der Waals surface area contributed by atoms with E-state index in [2.05, 4.69) is 46.3 Å². The van der Waals surface area contributed by atoms with Crippen LogP contribution >= 0.6 is 0 Å². The maximum Gasteiger partial charge on any atom is 0.233 e. The van der Waals surface area contributed by atoms with E-state index in [4.69, 9.17) is 9.15 Å². The van der Waals surface area contributed by atoms with Crippen LogP contribution in [0.1, 0.15) is 17.5 Å². The van der Waals surface area contributed by atoms with Gasteiger partial charge in [-0.1, -0.05) is 35.9 Å². The maximum atomic E-state index is 6.36. The number of fused-ring (bicyclic) bond motifs is 5. The van der Waals surface area contributed by atoms with Gasteiger partial charge in [-0.25, -0.2) is 0 Å². The third-order valence-electron chi connectivity index (χ3n) is 5.54. The van der Waals surface area contributed by atoms with E-state index in [0.29, 0.717) is 5.88 Å². The molecule has 2 aliphatic heterocycles. The van der Waals surface area contributed by atoms with Crippen LogP contribution in [0.15, 0.2) is 75.3 Å². The molecule has 1 aromatic heterocycles. The van der Waals surface area contributed by atoms with E-state index in [0.717, 1.165) is 64.5 Å². The lowest BCUT2D eigenvalue weighted by Crippen LogP contribution is -2.15. The van der Waals surface area contributed by atoms with Gasteiger partial charge in [-0.3, -0.25) is 4.90 Å². The topological polar surface area (TPSA) is 50.3 Å². The number of aryl methyl sites for hydroxylation is 2. The number of benzene rings is 3. The molecule has 5 heteroatoms. The average molecular weight is 381 g/mol. The largest absolute Gasteiger partial charge is 0.491 e. The number of hydrogen-bond donors (Lipinski definition) is 0. The van der Waals surface area contributed by atoms with E-state index < -0.39 is 0 Å². The monoisotopic (exact) mass is 381 g/mol. The van der Waals surface area contributed by atoms with Crippen LogP contribution in [0, 0.1) is 6.92 Å². The van der Waals surface area contributed by atoms with Crippen molar-refractivity contribution in [2.45, 2.75) is 19.8 Å². The van der Waals surface area contributed by atoms with Crippen molar-refractivity contribution in [1.29, 1.82) is 0 Å². The van der Waals surface area contributed by atoms with E-state index in [1.807, 2.05) is 36.4 Å². The summed E-state index contributed by atoms with van der Waals surface area (Å²) in [5.74, 6) is 1.58. The van der Waals surface area contributed by atoms with Crippen molar-refractivity contribution in [3.8, 4) is 5.75 Å². The Morgan fingerprint density at radius 2 is 1.83 bits per heavy atom. The third kappa shape index (κ3) is 2.47. The molecule has 3 aromatic carbocycles. The van der Waals surface area contributed by atoms with Gasteiger partial charge in [-0.2, -0.15) is 0 Å². The zero-order valence-corrected chi connectivity index (χ0v) is 16.1. The Balaban J connectivity index is 1.68. The molecule has 6 rings (SSSR count). The summed E-state index contributed by atoms with van der Waals surface area (Å²) in [5.41, 5.74) is 6.60. The van der Waals surface area contributed by atoms with E-state index in [-0.39, 0.29) is 0 Å². The molecule has 0 saturated heterocycles. The first-order valence-corrected chi connectivity index (χ1v) is 9.88. The first-order valence-electron chi connectivity index (χ1n) is 9.88. The minimum Gasteiger partial charge on any atom is -0.491 e. The number of hydrogen-bond acceptors (Lipinski definition) is 5. The average Bonchev–Trinajstić information content (AvgIpc) is 3.02. The molecule has 0 amide bonds. The Morgan fingerprint density at radius 3 is 2.79 bits per heavy atom. The number of nitrogens with zero attached hydrogens (tertiary/aromatic N) is 3. The van der Waals surface area contributed by atoms with Crippen LogP contribution in [0.4, 0.5) is 28.6 Å². The van der Waals surface area contributed by atoms with Crippen molar-refractivity contribution in [3.63, 3.8) is 0 Å². The second kappa shape index (κ2) is 6.21. The minimum absolute atomic E-state index is 0.668. The molecular weight excluding hydrogens is 362 g/mol. The van der Waals surface area contributed by atoms with Crippen LogP contribution < -0.4 is 9.64 Å². The molecule has 0 aliphatic carbocycles. The maximum absolute atomic E-state index is 6.36. The van der Waals surface area contributed by atoms with Gasteiger partial charge in [0.15, 0.2) is 5.69 Å². The predicted molar refractivity (Wildman–Crippen MR) is 114 cm³/mol. The molecule has 0 unspecified atom stereocenters. The Morgan fingerprint density at radius 1 is 0.931 bits per heavy atom. The molecule has 142 valence electrons. The second-order valence-corrected chi connectivity index (χ2v) is 7.50. The molecule has 3 heterocycles. The molecule has 4 aromatic rings. The first-order chi connectivity index (χ1) is 14.3. The fraction of sp³-hybridized carbons (Fsp3) is 0.167. The highest BCUT2D eigenvalue weighted by atomic mass is 16.5. The first kappa shape index (κ1) is 16.4. The molecular formula is C24H19N3O2. The summed E-state index contributed by atoms with van der Waals surface area (Å²) >= 11 is 0. The van der Waals surface area contributed by atoms with Gasteiger partial charge >= 0.3 is 0 Å². The molecule has 0 spiro atoms. The van der Waals surface area contributed by atoms with E-state index in [1.54, 1.807) is 0 Å². The SMILES string of the molecule is Cc1ccc2oc3c(c2c1)N=Nc1ccccc1N3c1cccc2c1OCCC2. The van der Waals surface area contributed by atoms with Crippen LogP contribution in [-0.2, 0) is 6.42 Å². The van der Waals surface area contributed by atoms with Crippen molar-refractivity contribution in [2.24, 2.45) is 10.2 Å². The lowest BCUT2D eigenvalue weighted by molar-refractivity contribution is 0.289. The Labute approximate surface area is 168 Å². The van der Waals surface area contributed by atoms with Gasteiger partial charge in [0.2, 0.25) is 5.88 Å². The number of anilines is 3. The number of furan rings is 1. The summed E-state index contributed by atoms with van der Waals surface area (Å²) in [6.07, 6.45) is 2.05. The van der Waals surface area contributed by atoms with Crippen LogP contribution in [0.2, 0.25) is 0 Å². The van der Waals surface area contributed by atoms with Crippen LogP contribution in [0.3, 0.4) is 0 Å². The molecule has 0 bridgehead atoms. The zero-order chi connectivity index (χ0) is 19.4. The molecule has 2 aliphatic rings. The van der Waals surface area contributed by atoms with Gasteiger partial charge < -0.3 is 9.15 Å². The van der Waals surface area contributed by atoms with Crippen LogP contribution in [0.25, 0.3) is 11.0 Å². The number of azo groups is 1. The van der Waals surface area contributed by atoms with E-state index in [9.17, 15) is 0 Å². The Hall–Kier alpha value is -3.60. The van der Waals surface area contributed by atoms with Crippen LogP contribution in [-0.4, -0.2) is 6.61 Å². The number of para-hydroxylation sites is 2. The standard InChI is InChI=1S/C24H19N3O2/c1-15-11-12-21-17(14-15)22-24(29-21)27(19-9-3-2-8-18(19)25-26-22)20-10-4-6-16-7-5-13-28-23(16)20/h2-4,6,8-12,14H,5,7,13H2,1H3. The molecule has 0 fully saturated rings. The Bertz CT molecular complexity index is 1290. The summed E-state index contributed by atoms with van der Waals surface area (Å²) in [4.78, 5) is 2.10. The van der Waals surface area contributed by atoms with Gasteiger partial charge in [-0.15, -0.1) is 10.2 Å². The summed E-state index contributed by atoms with van der Waals surface area (Å²) < 4.78 is 12.5. The lowest BCUT2D eigenvalue weighted by atomic mass is 10.0. The van der Waals surface area contributed by atoms with Gasteiger partial charge in [-0.05, 0) is 55.7 Å². The number of rotatable bonds is 1. The van der Waals surface area contributed by atoms with Crippen molar-refractivity contribution >= 4 is 39.6 Å². The highest BCUT2D eigenvalue weighted by Crippen LogP contribution is 2.53. The molecule has 29 heavy (non-hydrogen) atoms. The zero-order valence-electron chi connectivity index (χ0n) is 16.1. The predicted octanol–water partition coefficient (Wildman–Crippen LogP) is 7.26.